The smallest absolute Gasteiger partial charge is 0.163 e. The Balaban J connectivity index is 2.08. The summed E-state index contributed by atoms with van der Waals surface area (Å²) in [6.07, 6.45) is 6.71. The third kappa shape index (κ3) is 1.64. The maximum absolute atomic E-state index is 10.0. The van der Waals surface area contributed by atoms with E-state index in [2.05, 4.69) is 15.1 Å². The van der Waals surface area contributed by atoms with Crippen LogP contribution in [0.25, 0.3) is 11.0 Å². The van der Waals surface area contributed by atoms with Gasteiger partial charge in [0.2, 0.25) is 0 Å². The topological polar surface area (TPSA) is 89.9 Å². The van der Waals surface area contributed by atoms with E-state index in [9.17, 15) is 5.11 Å². The van der Waals surface area contributed by atoms with Crippen LogP contribution in [0, 0.1) is 0 Å². The first-order valence-electron chi connectivity index (χ1n) is 5.89. The first kappa shape index (κ1) is 10.5. The molecule has 3 rings (SSSR count). The van der Waals surface area contributed by atoms with Crippen molar-refractivity contribution in [3.63, 3.8) is 0 Å². The van der Waals surface area contributed by atoms with Gasteiger partial charge in [0, 0.05) is 0 Å². The molecule has 0 aromatic carbocycles. The summed E-state index contributed by atoms with van der Waals surface area (Å²) in [6, 6.07) is 0.00977. The Morgan fingerprint density at radius 1 is 1.29 bits per heavy atom. The van der Waals surface area contributed by atoms with Crippen LogP contribution in [0.4, 0.5) is 5.82 Å². The molecule has 0 spiro atoms. The molecule has 1 aliphatic carbocycles. The Bertz CT molecular complexity index is 538. The summed E-state index contributed by atoms with van der Waals surface area (Å²) in [5, 5.41) is 15.1. The molecule has 6 nitrogen and oxygen atoms in total. The van der Waals surface area contributed by atoms with Crippen LogP contribution in [0.1, 0.15) is 31.7 Å². The van der Waals surface area contributed by atoms with Gasteiger partial charge in [0.1, 0.15) is 12.1 Å². The van der Waals surface area contributed by atoms with Crippen LogP contribution in [0.2, 0.25) is 0 Å². The molecule has 2 aromatic rings. The van der Waals surface area contributed by atoms with Gasteiger partial charge >= 0.3 is 0 Å². The highest BCUT2D eigenvalue weighted by atomic mass is 16.3. The zero-order valence-electron chi connectivity index (χ0n) is 9.45. The number of nitrogens with zero attached hydrogens (tertiary/aromatic N) is 4. The molecule has 90 valence electrons. The molecule has 2 unspecified atom stereocenters. The molecule has 0 saturated heterocycles. The lowest BCUT2D eigenvalue weighted by Gasteiger charge is -2.27. The van der Waals surface area contributed by atoms with Crippen LogP contribution in [0.15, 0.2) is 12.5 Å². The van der Waals surface area contributed by atoms with Crippen molar-refractivity contribution in [1.82, 2.24) is 19.7 Å². The molecule has 0 aliphatic heterocycles. The highest BCUT2D eigenvalue weighted by Gasteiger charge is 2.27. The normalized spacial score (nSPS) is 25.2. The Morgan fingerprint density at radius 3 is 2.94 bits per heavy atom. The van der Waals surface area contributed by atoms with E-state index in [1.807, 2.05) is 0 Å². The number of hydrogen-bond acceptors (Lipinski definition) is 5. The molecule has 3 N–H and O–H groups in total. The Hall–Kier alpha value is -1.69. The third-order valence-electron chi connectivity index (χ3n) is 3.43. The third-order valence-corrected chi connectivity index (χ3v) is 3.43. The highest BCUT2D eigenvalue weighted by Crippen LogP contribution is 2.30. The van der Waals surface area contributed by atoms with E-state index in [4.69, 9.17) is 5.73 Å². The van der Waals surface area contributed by atoms with Gasteiger partial charge in [-0.05, 0) is 12.8 Å². The highest BCUT2D eigenvalue weighted by molar-refractivity contribution is 5.84. The van der Waals surface area contributed by atoms with Crippen LogP contribution in [-0.4, -0.2) is 31.0 Å². The quantitative estimate of drug-likeness (QED) is 0.763. The average Bonchev–Trinajstić information content (AvgIpc) is 2.75. The minimum atomic E-state index is -0.344. The molecule has 2 aromatic heterocycles. The number of fused-ring (bicyclic) bond motifs is 1. The minimum Gasteiger partial charge on any atom is -0.391 e. The van der Waals surface area contributed by atoms with Crippen molar-refractivity contribution in [1.29, 1.82) is 0 Å². The summed E-state index contributed by atoms with van der Waals surface area (Å²) < 4.78 is 1.79. The fourth-order valence-corrected chi connectivity index (χ4v) is 2.50. The van der Waals surface area contributed by atoms with Crippen molar-refractivity contribution in [2.45, 2.75) is 37.8 Å². The van der Waals surface area contributed by atoms with Crippen molar-refractivity contribution in [3.05, 3.63) is 12.5 Å². The lowest BCUT2D eigenvalue weighted by molar-refractivity contribution is 0.0713. The second kappa shape index (κ2) is 3.96. The molecular weight excluding hydrogens is 218 g/mol. The van der Waals surface area contributed by atoms with Crippen molar-refractivity contribution >= 4 is 16.9 Å². The fraction of sp³-hybridized carbons (Fsp3) is 0.545. The van der Waals surface area contributed by atoms with E-state index in [1.165, 1.54) is 6.33 Å². The summed E-state index contributed by atoms with van der Waals surface area (Å²) in [5.74, 6) is 0.437. The molecular formula is C11H15N5O. The summed E-state index contributed by atoms with van der Waals surface area (Å²) >= 11 is 0. The number of anilines is 1. The Labute approximate surface area is 98.5 Å². The van der Waals surface area contributed by atoms with E-state index in [0.29, 0.717) is 11.5 Å². The van der Waals surface area contributed by atoms with Crippen molar-refractivity contribution < 1.29 is 5.11 Å². The van der Waals surface area contributed by atoms with Gasteiger partial charge in [-0.2, -0.15) is 5.10 Å². The van der Waals surface area contributed by atoms with Gasteiger partial charge in [-0.25, -0.2) is 14.6 Å². The average molecular weight is 233 g/mol. The predicted octanol–water partition coefficient (Wildman–Crippen LogP) is 0.884. The standard InChI is InChI=1S/C11H15N5O/c12-10-7-5-15-16(11(7)14-6-13-10)8-3-1-2-4-9(8)17/h5-6,8-9,17H,1-4H2,(H2,12,13,14). The zero-order valence-corrected chi connectivity index (χ0v) is 9.45. The van der Waals surface area contributed by atoms with Crippen LogP contribution in [-0.2, 0) is 0 Å². The molecule has 0 radical (unpaired) electrons. The number of aliphatic hydroxyl groups excluding tert-OH is 1. The molecule has 0 bridgehead atoms. The summed E-state index contributed by atoms with van der Waals surface area (Å²) in [6.45, 7) is 0. The summed E-state index contributed by atoms with van der Waals surface area (Å²) in [7, 11) is 0. The lowest BCUT2D eigenvalue weighted by Crippen LogP contribution is -2.28. The number of aromatic nitrogens is 4. The molecule has 0 amide bonds. The van der Waals surface area contributed by atoms with Gasteiger partial charge in [0.05, 0.1) is 23.7 Å². The maximum Gasteiger partial charge on any atom is 0.163 e. The second-order valence-electron chi connectivity index (χ2n) is 4.50. The van der Waals surface area contributed by atoms with Gasteiger partial charge < -0.3 is 10.8 Å². The molecule has 17 heavy (non-hydrogen) atoms. The molecule has 2 heterocycles. The van der Waals surface area contributed by atoms with Crippen LogP contribution < -0.4 is 5.73 Å². The van der Waals surface area contributed by atoms with Crippen LogP contribution in [0.5, 0.6) is 0 Å². The van der Waals surface area contributed by atoms with Crippen molar-refractivity contribution in [2.24, 2.45) is 0 Å². The number of aliphatic hydroxyl groups is 1. The van der Waals surface area contributed by atoms with E-state index < -0.39 is 0 Å². The number of nitrogen functional groups attached to an aromatic ring is 1. The summed E-state index contributed by atoms with van der Waals surface area (Å²) in [4.78, 5) is 8.15. The lowest BCUT2D eigenvalue weighted by atomic mass is 9.93. The van der Waals surface area contributed by atoms with Gasteiger partial charge in [-0.3, -0.25) is 0 Å². The molecule has 2 atom stereocenters. The second-order valence-corrected chi connectivity index (χ2v) is 4.50. The fourth-order valence-electron chi connectivity index (χ4n) is 2.50. The van der Waals surface area contributed by atoms with E-state index >= 15 is 0 Å². The Kier molecular flexibility index (Phi) is 2.44. The van der Waals surface area contributed by atoms with Crippen molar-refractivity contribution in [3.8, 4) is 0 Å². The van der Waals surface area contributed by atoms with Gasteiger partial charge in [-0.15, -0.1) is 0 Å². The van der Waals surface area contributed by atoms with Crippen LogP contribution in [0.3, 0.4) is 0 Å². The molecule has 1 saturated carbocycles. The number of hydrogen-bond donors (Lipinski definition) is 2. The van der Waals surface area contributed by atoms with E-state index in [0.717, 1.165) is 31.1 Å². The summed E-state index contributed by atoms with van der Waals surface area (Å²) in [5.41, 5.74) is 6.48. The maximum atomic E-state index is 10.0. The first-order valence-corrected chi connectivity index (χ1v) is 5.89. The number of nitrogens with two attached hydrogens (primary N) is 1. The zero-order chi connectivity index (χ0) is 11.8. The van der Waals surface area contributed by atoms with Gasteiger partial charge in [0.25, 0.3) is 0 Å². The number of rotatable bonds is 1. The SMILES string of the molecule is Nc1ncnc2c1cnn2C1CCCCC1O. The van der Waals surface area contributed by atoms with Gasteiger partial charge in [-0.1, -0.05) is 12.8 Å². The minimum absolute atomic E-state index is 0.00977. The monoisotopic (exact) mass is 233 g/mol. The van der Waals surface area contributed by atoms with E-state index in [-0.39, 0.29) is 12.1 Å². The van der Waals surface area contributed by atoms with Crippen LogP contribution >= 0.6 is 0 Å². The van der Waals surface area contributed by atoms with E-state index in [1.54, 1.807) is 10.9 Å². The largest absolute Gasteiger partial charge is 0.391 e. The predicted molar refractivity (Wildman–Crippen MR) is 63.2 cm³/mol. The van der Waals surface area contributed by atoms with Crippen molar-refractivity contribution in [2.75, 3.05) is 5.73 Å². The molecule has 1 aliphatic rings. The first-order chi connectivity index (χ1) is 8.27. The van der Waals surface area contributed by atoms with Gasteiger partial charge in [0.15, 0.2) is 5.65 Å². The molecule has 6 heteroatoms. The molecule has 1 fully saturated rings. The Morgan fingerprint density at radius 2 is 2.12 bits per heavy atom.